The zero-order valence-electron chi connectivity index (χ0n) is 11.2. The summed E-state index contributed by atoms with van der Waals surface area (Å²) in [7, 11) is 0. The molecule has 0 N–H and O–H groups in total. The summed E-state index contributed by atoms with van der Waals surface area (Å²) in [5, 5.41) is 0. The molecule has 7 heteroatoms. The lowest BCUT2D eigenvalue weighted by Crippen LogP contribution is -2.56. The van der Waals surface area contributed by atoms with Crippen LogP contribution in [0.1, 0.15) is 19.3 Å². The van der Waals surface area contributed by atoms with E-state index in [9.17, 15) is 13.6 Å². The van der Waals surface area contributed by atoms with Crippen LogP contribution in [0.25, 0.3) is 0 Å². The molecule has 1 aromatic rings. The van der Waals surface area contributed by atoms with Crippen LogP contribution in [0.4, 0.5) is 13.6 Å². The Balaban J connectivity index is 1.75. The molecule has 2 aliphatic heterocycles. The van der Waals surface area contributed by atoms with E-state index in [0.717, 1.165) is 25.9 Å². The Morgan fingerprint density at radius 2 is 2.05 bits per heavy atom. The number of nitrogens with zero attached hydrogens (tertiary/aromatic N) is 4. The molecule has 1 aromatic heterocycles. The number of piperidine rings is 1. The molecule has 0 spiro atoms. The minimum Gasteiger partial charge on any atom is -0.316 e. The first kappa shape index (κ1) is 13.5. The Bertz CT molecular complexity index is 471. The van der Waals surface area contributed by atoms with Crippen molar-refractivity contribution in [2.75, 3.05) is 26.2 Å². The number of halogens is 2. The highest BCUT2D eigenvalue weighted by Crippen LogP contribution is 2.31. The van der Waals surface area contributed by atoms with Gasteiger partial charge in [-0.1, -0.05) is 0 Å². The van der Waals surface area contributed by atoms with E-state index >= 15 is 0 Å². The molecule has 3 heterocycles. The first-order chi connectivity index (χ1) is 9.55. The molecule has 20 heavy (non-hydrogen) atoms. The maximum Gasteiger partial charge on any atom is 0.329 e. The summed E-state index contributed by atoms with van der Waals surface area (Å²) in [6, 6.07) is -0.667. The van der Waals surface area contributed by atoms with Crippen molar-refractivity contribution in [2.24, 2.45) is 0 Å². The molecule has 110 valence electrons. The second kappa shape index (κ2) is 5.12. The van der Waals surface area contributed by atoms with Gasteiger partial charge in [0.25, 0.3) is 5.92 Å². The smallest absolute Gasteiger partial charge is 0.316 e. The van der Waals surface area contributed by atoms with E-state index in [0.29, 0.717) is 6.54 Å². The predicted molar refractivity (Wildman–Crippen MR) is 68.8 cm³/mol. The molecular weight excluding hydrogens is 266 g/mol. The van der Waals surface area contributed by atoms with Gasteiger partial charge in [-0.3, -0.25) is 9.47 Å². The van der Waals surface area contributed by atoms with Crippen molar-refractivity contribution in [3.05, 3.63) is 18.7 Å². The number of amides is 1. The van der Waals surface area contributed by atoms with E-state index in [1.807, 2.05) is 0 Å². The molecule has 3 rings (SSSR count). The molecular formula is C13H18F2N4O. The Kier molecular flexibility index (Phi) is 3.45. The van der Waals surface area contributed by atoms with Crippen LogP contribution >= 0.6 is 0 Å². The van der Waals surface area contributed by atoms with E-state index in [4.69, 9.17) is 0 Å². The zero-order valence-corrected chi connectivity index (χ0v) is 11.2. The van der Waals surface area contributed by atoms with E-state index in [1.54, 1.807) is 0 Å². The van der Waals surface area contributed by atoms with Crippen molar-refractivity contribution >= 4 is 6.03 Å². The van der Waals surface area contributed by atoms with Gasteiger partial charge in [0.15, 0.2) is 0 Å². The fourth-order valence-electron chi connectivity index (χ4n) is 3.10. The number of aromatic nitrogens is 2. The molecule has 2 fully saturated rings. The highest BCUT2D eigenvalue weighted by molar-refractivity contribution is 5.76. The molecule has 2 saturated heterocycles. The maximum atomic E-state index is 13.9. The van der Waals surface area contributed by atoms with Crippen LogP contribution in [0.3, 0.4) is 0 Å². The van der Waals surface area contributed by atoms with Crippen LogP contribution in [-0.4, -0.2) is 63.5 Å². The first-order valence-corrected chi connectivity index (χ1v) is 6.94. The Labute approximate surface area is 116 Å². The summed E-state index contributed by atoms with van der Waals surface area (Å²) < 4.78 is 29.1. The lowest BCUT2D eigenvalue weighted by atomic mass is 10.0. The van der Waals surface area contributed by atoms with E-state index in [2.05, 4.69) is 9.88 Å². The average Bonchev–Trinajstić information content (AvgIpc) is 3.09. The third kappa shape index (κ3) is 2.67. The predicted octanol–water partition coefficient (Wildman–Crippen LogP) is 1.66. The van der Waals surface area contributed by atoms with Crippen molar-refractivity contribution < 1.29 is 13.6 Å². The average molecular weight is 284 g/mol. The van der Waals surface area contributed by atoms with Gasteiger partial charge in [0.05, 0.1) is 6.54 Å². The molecule has 0 unspecified atom stereocenters. The van der Waals surface area contributed by atoms with Crippen molar-refractivity contribution in [1.29, 1.82) is 0 Å². The van der Waals surface area contributed by atoms with E-state index in [-0.39, 0.29) is 12.5 Å². The summed E-state index contributed by atoms with van der Waals surface area (Å²) in [5.74, 6) is -2.82. The minimum atomic E-state index is -2.82. The van der Waals surface area contributed by atoms with Gasteiger partial charge >= 0.3 is 6.03 Å². The van der Waals surface area contributed by atoms with Crippen LogP contribution in [-0.2, 0) is 0 Å². The summed E-state index contributed by atoms with van der Waals surface area (Å²) in [4.78, 5) is 19.3. The third-order valence-corrected chi connectivity index (χ3v) is 4.04. The van der Waals surface area contributed by atoms with E-state index < -0.39 is 18.5 Å². The monoisotopic (exact) mass is 284 g/mol. The van der Waals surface area contributed by atoms with Gasteiger partial charge in [-0.15, -0.1) is 0 Å². The molecule has 0 bridgehead atoms. The number of imidazole rings is 1. The minimum absolute atomic E-state index is 0.152. The molecule has 1 amide bonds. The van der Waals surface area contributed by atoms with Gasteiger partial charge in [-0.2, -0.15) is 0 Å². The van der Waals surface area contributed by atoms with Crippen molar-refractivity contribution in [2.45, 2.75) is 31.2 Å². The SMILES string of the molecule is O=C(N1C[C@H](N2CCCC2)CC(F)(F)C1)n1ccnc1. The number of hydrogen-bond acceptors (Lipinski definition) is 3. The van der Waals surface area contributed by atoms with Gasteiger partial charge in [-0.25, -0.2) is 18.6 Å². The quantitative estimate of drug-likeness (QED) is 0.787. The normalized spacial score (nSPS) is 26.9. The summed E-state index contributed by atoms with van der Waals surface area (Å²) >= 11 is 0. The number of hydrogen-bond donors (Lipinski definition) is 0. The standard InChI is InChI=1S/C13H18F2N4O/c14-13(15)7-11(17-4-1-2-5-17)8-19(9-13)12(20)18-6-3-16-10-18/h3,6,10-11H,1-2,4-5,7-9H2/t11-/m1/s1. The van der Waals surface area contributed by atoms with Gasteiger partial charge in [-0.05, 0) is 25.9 Å². The number of likely N-dealkylation sites (tertiary alicyclic amines) is 2. The van der Waals surface area contributed by atoms with Crippen LogP contribution in [0, 0.1) is 0 Å². The number of carbonyl (C=O) groups excluding carboxylic acids is 1. The summed E-state index contributed by atoms with van der Waals surface area (Å²) in [5.41, 5.74) is 0. The zero-order chi connectivity index (χ0) is 14.2. The first-order valence-electron chi connectivity index (χ1n) is 6.94. The lowest BCUT2D eigenvalue weighted by Gasteiger charge is -2.41. The number of alkyl halides is 2. The van der Waals surface area contributed by atoms with Gasteiger partial charge in [0.1, 0.15) is 6.33 Å². The Morgan fingerprint density at radius 3 is 2.70 bits per heavy atom. The third-order valence-electron chi connectivity index (χ3n) is 4.04. The maximum absolute atomic E-state index is 13.9. The van der Waals surface area contributed by atoms with Crippen molar-refractivity contribution in [3.63, 3.8) is 0 Å². The van der Waals surface area contributed by atoms with E-state index in [1.165, 1.54) is 28.2 Å². The molecule has 0 aromatic carbocycles. The topological polar surface area (TPSA) is 41.4 Å². The summed E-state index contributed by atoms with van der Waals surface area (Å²) in [6.45, 7) is 1.57. The molecule has 0 radical (unpaired) electrons. The second-order valence-electron chi connectivity index (χ2n) is 5.59. The highest BCUT2D eigenvalue weighted by atomic mass is 19.3. The van der Waals surface area contributed by atoms with Gasteiger partial charge in [0, 0.05) is 31.4 Å². The number of rotatable bonds is 1. The largest absolute Gasteiger partial charge is 0.329 e. The fraction of sp³-hybridized carbons (Fsp3) is 0.692. The molecule has 5 nitrogen and oxygen atoms in total. The molecule has 2 aliphatic rings. The lowest BCUT2D eigenvalue weighted by molar-refractivity contribution is -0.0797. The van der Waals surface area contributed by atoms with Gasteiger partial charge in [0.2, 0.25) is 0 Å². The number of carbonyl (C=O) groups is 1. The Morgan fingerprint density at radius 1 is 1.30 bits per heavy atom. The summed E-state index contributed by atoms with van der Waals surface area (Å²) in [6.07, 6.45) is 6.26. The molecule has 1 atom stereocenters. The highest BCUT2D eigenvalue weighted by Gasteiger charge is 2.44. The van der Waals surface area contributed by atoms with Crippen molar-refractivity contribution in [1.82, 2.24) is 19.4 Å². The second-order valence-corrected chi connectivity index (χ2v) is 5.59. The molecule has 0 saturated carbocycles. The molecule has 0 aliphatic carbocycles. The van der Waals surface area contributed by atoms with Crippen LogP contribution in [0.5, 0.6) is 0 Å². The van der Waals surface area contributed by atoms with Crippen LogP contribution in [0.15, 0.2) is 18.7 Å². The van der Waals surface area contributed by atoms with Crippen molar-refractivity contribution in [3.8, 4) is 0 Å². The van der Waals surface area contributed by atoms with Gasteiger partial charge < -0.3 is 4.90 Å². The van der Waals surface area contributed by atoms with Crippen LogP contribution < -0.4 is 0 Å². The van der Waals surface area contributed by atoms with Crippen LogP contribution in [0.2, 0.25) is 0 Å². The fourth-order valence-corrected chi connectivity index (χ4v) is 3.10. The Hall–Kier alpha value is -1.50.